The fraction of sp³-hybridized carbons (Fsp3) is 0.357. The quantitative estimate of drug-likeness (QED) is 0.753. The lowest BCUT2D eigenvalue weighted by molar-refractivity contribution is 0.0644. The molecular formula is C14H17FN2O. The molecule has 0 aliphatic heterocycles. The summed E-state index contributed by atoms with van der Waals surface area (Å²) in [6.07, 6.45) is 3.01. The van der Waals surface area contributed by atoms with Crippen molar-refractivity contribution in [3.8, 4) is 0 Å². The van der Waals surface area contributed by atoms with E-state index in [4.69, 9.17) is 4.74 Å². The summed E-state index contributed by atoms with van der Waals surface area (Å²) < 4.78 is 20.6. The lowest BCUT2D eigenvalue weighted by Crippen LogP contribution is -2.13. The summed E-state index contributed by atoms with van der Waals surface area (Å²) in [4.78, 5) is 0. The van der Waals surface area contributed by atoms with E-state index in [0.717, 1.165) is 5.56 Å². The number of alkyl halides is 1. The maximum absolute atomic E-state index is 13.5. The molecule has 4 heteroatoms. The lowest BCUT2D eigenvalue weighted by atomic mass is 10.2. The highest BCUT2D eigenvalue weighted by molar-refractivity contribution is 5.13. The Labute approximate surface area is 106 Å². The van der Waals surface area contributed by atoms with Crippen molar-refractivity contribution in [2.75, 3.05) is 6.61 Å². The van der Waals surface area contributed by atoms with Crippen LogP contribution in [-0.2, 0) is 17.9 Å². The number of hydrogen-bond acceptors (Lipinski definition) is 2. The molecule has 96 valence electrons. The van der Waals surface area contributed by atoms with Crippen molar-refractivity contribution in [2.24, 2.45) is 0 Å². The second-order valence-electron chi connectivity index (χ2n) is 4.16. The van der Waals surface area contributed by atoms with Gasteiger partial charge in [0.15, 0.2) is 0 Å². The Hall–Kier alpha value is -1.68. The van der Waals surface area contributed by atoms with Crippen LogP contribution in [0.1, 0.15) is 12.0 Å². The first-order chi connectivity index (χ1) is 8.84. The van der Waals surface area contributed by atoms with Gasteiger partial charge in [0.2, 0.25) is 0 Å². The third-order valence-electron chi connectivity index (χ3n) is 2.64. The van der Waals surface area contributed by atoms with Gasteiger partial charge in [-0.15, -0.1) is 0 Å². The van der Waals surface area contributed by atoms with Gasteiger partial charge < -0.3 is 4.74 Å². The first kappa shape index (κ1) is 12.8. The highest BCUT2D eigenvalue weighted by Gasteiger charge is 2.07. The zero-order valence-electron chi connectivity index (χ0n) is 10.2. The largest absolute Gasteiger partial charge is 0.374 e. The number of benzene rings is 1. The number of hydrogen-bond donors (Lipinski definition) is 0. The maximum atomic E-state index is 13.5. The van der Waals surface area contributed by atoms with Gasteiger partial charge in [-0.1, -0.05) is 30.3 Å². The first-order valence-corrected chi connectivity index (χ1v) is 6.08. The summed E-state index contributed by atoms with van der Waals surface area (Å²) in [5.41, 5.74) is 1.07. The van der Waals surface area contributed by atoms with E-state index in [1.54, 1.807) is 10.9 Å². The number of ether oxygens (including phenoxy) is 1. The average molecular weight is 248 g/mol. The maximum Gasteiger partial charge on any atom is 0.125 e. The second-order valence-corrected chi connectivity index (χ2v) is 4.16. The van der Waals surface area contributed by atoms with E-state index >= 15 is 0 Å². The van der Waals surface area contributed by atoms with Crippen molar-refractivity contribution >= 4 is 0 Å². The van der Waals surface area contributed by atoms with E-state index in [-0.39, 0.29) is 6.61 Å². The molecule has 0 N–H and O–H groups in total. The van der Waals surface area contributed by atoms with Gasteiger partial charge in [-0.2, -0.15) is 5.10 Å². The van der Waals surface area contributed by atoms with Crippen molar-refractivity contribution in [3.63, 3.8) is 0 Å². The van der Waals surface area contributed by atoms with E-state index < -0.39 is 6.17 Å². The smallest absolute Gasteiger partial charge is 0.125 e. The fourth-order valence-electron chi connectivity index (χ4n) is 1.67. The molecule has 1 aromatic heterocycles. The van der Waals surface area contributed by atoms with Crippen LogP contribution in [0.4, 0.5) is 4.39 Å². The predicted molar refractivity (Wildman–Crippen MR) is 67.8 cm³/mol. The van der Waals surface area contributed by atoms with Crippen LogP contribution in [0.3, 0.4) is 0 Å². The molecule has 0 bridgehead atoms. The molecule has 0 aliphatic rings. The first-order valence-electron chi connectivity index (χ1n) is 6.08. The number of nitrogens with zero attached hydrogens (tertiary/aromatic N) is 2. The molecule has 0 amide bonds. The topological polar surface area (TPSA) is 27.1 Å². The van der Waals surface area contributed by atoms with E-state index in [1.165, 1.54) is 0 Å². The van der Waals surface area contributed by atoms with Gasteiger partial charge in [-0.25, -0.2) is 4.39 Å². The highest BCUT2D eigenvalue weighted by atomic mass is 19.1. The van der Waals surface area contributed by atoms with Crippen molar-refractivity contribution in [2.45, 2.75) is 25.7 Å². The third kappa shape index (κ3) is 4.30. The molecule has 1 unspecified atom stereocenters. The number of aryl methyl sites for hydroxylation is 1. The van der Waals surface area contributed by atoms with Crippen molar-refractivity contribution < 1.29 is 9.13 Å². The van der Waals surface area contributed by atoms with Gasteiger partial charge in [-0.05, 0) is 11.6 Å². The van der Waals surface area contributed by atoms with E-state index in [2.05, 4.69) is 5.10 Å². The SMILES string of the molecule is FC(CCn1cccn1)COCc1ccccc1. The van der Waals surface area contributed by atoms with Crippen LogP contribution in [0.5, 0.6) is 0 Å². The third-order valence-corrected chi connectivity index (χ3v) is 2.64. The lowest BCUT2D eigenvalue weighted by Gasteiger charge is -2.09. The van der Waals surface area contributed by atoms with Crippen LogP contribution in [0.2, 0.25) is 0 Å². The minimum atomic E-state index is -0.946. The van der Waals surface area contributed by atoms with Crippen LogP contribution in [-0.4, -0.2) is 22.6 Å². The van der Waals surface area contributed by atoms with Gasteiger partial charge >= 0.3 is 0 Å². The van der Waals surface area contributed by atoms with Crippen LogP contribution in [0.15, 0.2) is 48.8 Å². The summed E-state index contributed by atoms with van der Waals surface area (Å²) >= 11 is 0. The molecule has 3 nitrogen and oxygen atoms in total. The Kier molecular flexibility index (Phi) is 4.90. The van der Waals surface area contributed by atoms with E-state index in [1.807, 2.05) is 42.6 Å². The van der Waals surface area contributed by atoms with Crippen molar-refractivity contribution in [3.05, 3.63) is 54.4 Å². The molecule has 0 saturated heterocycles. The highest BCUT2D eigenvalue weighted by Crippen LogP contribution is 2.05. The minimum Gasteiger partial charge on any atom is -0.374 e. The molecule has 0 fully saturated rings. The fourth-order valence-corrected chi connectivity index (χ4v) is 1.67. The molecule has 0 spiro atoms. The Balaban J connectivity index is 1.61. The van der Waals surface area contributed by atoms with Gasteiger partial charge in [0, 0.05) is 25.4 Å². The van der Waals surface area contributed by atoms with Gasteiger partial charge in [-0.3, -0.25) is 4.68 Å². The summed E-state index contributed by atoms with van der Waals surface area (Å²) in [6.45, 7) is 1.18. The Bertz CT molecular complexity index is 430. The summed E-state index contributed by atoms with van der Waals surface area (Å²) in [6, 6.07) is 11.6. The molecule has 1 heterocycles. The summed E-state index contributed by atoms with van der Waals surface area (Å²) in [7, 11) is 0. The Morgan fingerprint density at radius 3 is 2.78 bits per heavy atom. The summed E-state index contributed by atoms with van der Waals surface area (Å²) in [5, 5.41) is 4.03. The van der Waals surface area contributed by atoms with E-state index in [0.29, 0.717) is 19.6 Å². The normalized spacial score (nSPS) is 12.5. The van der Waals surface area contributed by atoms with Crippen LogP contribution in [0, 0.1) is 0 Å². The average Bonchev–Trinajstić information content (AvgIpc) is 2.91. The zero-order chi connectivity index (χ0) is 12.6. The molecule has 0 aliphatic carbocycles. The molecular weight excluding hydrogens is 231 g/mol. The van der Waals surface area contributed by atoms with Gasteiger partial charge in [0.25, 0.3) is 0 Å². The van der Waals surface area contributed by atoms with E-state index in [9.17, 15) is 4.39 Å². The second kappa shape index (κ2) is 6.91. The molecule has 18 heavy (non-hydrogen) atoms. The number of aromatic nitrogens is 2. The molecule has 1 aromatic carbocycles. The van der Waals surface area contributed by atoms with Crippen LogP contribution >= 0.6 is 0 Å². The Morgan fingerprint density at radius 2 is 2.06 bits per heavy atom. The van der Waals surface area contributed by atoms with Gasteiger partial charge in [0.05, 0.1) is 13.2 Å². The standard InChI is InChI=1S/C14H17FN2O/c15-14(7-10-17-9-4-8-16-17)12-18-11-13-5-2-1-3-6-13/h1-6,8-9,14H,7,10-12H2. The van der Waals surface area contributed by atoms with Gasteiger partial charge in [0.1, 0.15) is 6.17 Å². The van der Waals surface area contributed by atoms with Crippen LogP contribution < -0.4 is 0 Å². The van der Waals surface area contributed by atoms with Crippen molar-refractivity contribution in [1.29, 1.82) is 0 Å². The number of halogens is 1. The van der Waals surface area contributed by atoms with Crippen LogP contribution in [0.25, 0.3) is 0 Å². The Morgan fingerprint density at radius 1 is 1.22 bits per heavy atom. The van der Waals surface area contributed by atoms with Crippen molar-refractivity contribution in [1.82, 2.24) is 9.78 Å². The monoisotopic (exact) mass is 248 g/mol. The minimum absolute atomic E-state index is 0.135. The molecule has 1 atom stereocenters. The number of rotatable bonds is 7. The molecule has 0 radical (unpaired) electrons. The molecule has 0 saturated carbocycles. The predicted octanol–water partition coefficient (Wildman–Crippen LogP) is 2.83. The zero-order valence-corrected chi connectivity index (χ0v) is 10.2. The summed E-state index contributed by atoms with van der Waals surface area (Å²) in [5.74, 6) is 0. The molecule has 2 rings (SSSR count). The molecule has 2 aromatic rings.